The summed E-state index contributed by atoms with van der Waals surface area (Å²) in [5.41, 5.74) is 1.83. The van der Waals surface area contributed by atoms with Crippen LogP contribution in [0.4, 0.5) is 11.8 Å². The number of rotatable bonds is 7. The molecule has 1 aromatic carbocycles. The molecular formula is C15H18N6O3. The zero-order chi connectivity index (χ0) is 16.9. The summed E-state index contributed by atoms with van der Waals surface area (Å²) in [5.74, 6) is 1.40. The van der Waals surface area contributed by atoms with Crippen LogP contribution in [0.2, 0.25) is 0 Å². The molecule has 0 radical (unpaired) electrons. The largest absolute Gasteiger partial charge is 0.504 e. The van der Waals surface area contributed by atoms with Gasteiger partial charge in [0.1, 0.15) is 5.52 Å². The van der Waals surface area contributed by atoms with E-state index in [1.807, 2.05) is 0 Å². The number of benzene rings is 1. The molecule has 126 valence electrons. The summed E-state index contributed by atoms with van der Waals surface area (Å²) in [7, 11) is 1.50. The number of imidazole rings is 1. The first-order chi connectivity index (χ1) is 11.7. The molecule has 0 aliphatic carbocycles. The number of nitrogens with one attached hydrogen (secondary N) is 3. The zero-order valence-electron chi connectivity index (χ0n) is 13.1. The van der Waals surface area contributed by atoms with Crippen LogP contribution in [0.25, 0.3) is 11.2 Å². The second-order valence-electron chi connectivity index (χ2n) is 4.97. The van der Waals surface area contributed by atoms with E-state index in [2.05, 4.69) is 30.6 Å². The summed E-state index contributed by atoms with van der Waals surface area (Å²) < 4.78 is 5.11. The Labute approximate surface area is 137 Å². The van der Waals surface area contributed by atoms with E-state index in [9.17, 15) is 5.11 Å². The monoisotopic (exact) mass is 330 g/mol. The number of aromatic amines is 1. The van der Waals surface area contributed by atoms with Crippen LogP contribution in [-0.2, 0) is 6.54 Å². The molecule has 0 unspecified atom stereocenters. The fourth-order valence-corrected chi connectivity index (χ4v) is 2.26. The van der Waals surface area contributed by atoms with Gasteiger partial charge in [0.15, 0.2) is 23.0 Å². The van der Waals surface area contributed by atoms with E-state index in [-0.39, 0.29) is 12.4 Å². The van der Waals surface area contributed by atoms with E-state index in [0.717, 1.165) is 0 Å². The highest BCUT2D eigenvalue weighted by Gasteiger charge is 2.12. The van der Waals surface area contributed by atoms with Crippen molar-refractivity contribution in [3.63, 3.8) is 0 Å². The van der Waals surface area contributed by atoms with Crippen molar-refractivity contribution in [3.05, 3.63) is 30.1 Å². The van der Waals surface area contributed by atoms with E-state index < -0.39 is 0 Å². The van der Waals surface area contributed by atoms with E-state index in [1.165, 1.54) is 13.4 Å². The van der Waals surface area contributed by atoms with Gasteiger partial charge in [0.25, 0.3) is 0 Å². The van der Waals surface area contributed by atoms with Gasteiger partial charge in [0.05, 0.1) is 20.0 Å². The SMILES string of the molecule is COc1cccc(CNc2nc(NCCO)nc3nc[nH]c23)c1O. The van der Waals surface area contributed by atoms with Crippen LogP contribution >= 0.6 is 0 Å². The number of methoxy groups -OCH3 is 1. The Morgan fingerprint density at radius 2 is 2.12 bits per heavy atom. The number of ether oxygens (including phenoxy) is 1. The van der Waals surface area contributed by atoms with Gasteiger partial charge in [-0.1, -0.05) is 12.1 Å². The Kier molecular flexibility index (Phi) is 4.62. The molecule has 0 atom stereocenters. The van der Waals surface area contributed by atoms with Gasteiger partial charge in [-0.25, -0.2) is 4.98 Å². The van der Waals surface area contributed by atoms with E-state index >= 15 is 0 Å². The molecule has 0 fully saturated rings. The van der Waals surface area contributed by atoms with Crippen molar-refractivity contribution in [2.24, 2.45) is 0 Å². The van der Waals surface area contributed by atoms with Gasteiger partial charge in [0, 0.05) is 18.7 Å². The van der Waals surface area contributed by atoms with E-state index in [4.69, 9.17) is 9.84 Å². The molecule has 0 saturated heterocycles. The number of aromatic hydroxyl groups is 1. The van der Waals surface area contributed by atoms with Crippen molar-refractivity contribution in [2.45, 2.75) is 6.54 Å². The number of H-pyrrole nitrogens is 1. The summed E-state index contributed by atoms with van der Waals surface area (Å²) in [6.45, 7) is 0.655. The maximum atomic E-state index is 10.2. The summed E-state index contributed by atoms with van der Waals surface area (Å²) in [6, 6.07) is 5.28. The Morgan fingerprint density at radius 1 is 1.25 bits per heavy atom. The molecule has 0 amide bonds. The van der Waals surface area contributed by atoms with Crippen LogP contribution < -0.4 is 15.4 Å². The average molecular weight is 330 g/mol. The van der Waals surface area contributed by atoms with Gasteiger partial charge in [-0.15, -0.1) is 0 Å². The van der Waals surface area contributed by atoms with E-state index in [1.54, 1.807) is 18.2 Å². The smallest absolute Gasteiger partial charge is 0.226 e. The van der Waals surface area contributed by atoms with Crippen LogP contribution in [0.5, 0.6) is 11.5 Å². The predicted octanol–water partition coefficient (Wildman–Crippen LogP) is 1.08. The number of nitrogens with zero attached hydrogens (tertiary/aromatic N) is 3. The Bertz CT molecular complexity index is 835. The summed E-state index contributed by atoms with van der Waals surface area (Å²) in [4.78, 5) is 15.7. The van der Waals surface area contributed by atoms with Crippen molar-refractivity contribution in [2.75, 3.05) is 30.9 Å². The van der Waals surface area contributed by atoms with Crippen molar-refractivity contribution in [1.82, 2.24) is 19.9 Å². The molecule has 3 aromatic rings. The first-order valence-electron chi connectivity index (χ1n) is 7.37. The average Bonchev–Trinajstić information content (AvgIpc) is 3.07. The highest BCUT2D eigenvalue weighted by atomic mass is 16.5. The third-order valence-electron chi connectivity index (χ3n) is 3.43. The zero-order valence-corrected chi connectivity index (χ0v) is 13.1. The molecular weight excluding hydrogens is 312 g/mol. The van der Waals surface area contributed by atoms with Crippen LogP contribution in [0.3, 0.4) is 0 Å². The predicted molar refractivity (Wildman–Crippen MR) is 89.2 cm³/mol. The first kappa shape index (κ1) is 15.8. The molecule has 2 heterocycles. The minimum Gasteiger partial charge on any atom is -0.504 e. The van der Waals surface area contributed by atoms with Gasteiger partial charge in [-0.2, -0.15) is 9.97 Å². The number of aromatic nitrogens is 4. The van der Waals surface area contributed by atoms with Crippen molar-refractivity contribution in [3.8, 4) is 11.5 Å². The standard InChI is InChI=1S/C15H18N6O3/c1-24-10-4-2-3-9(12(10)23)7-17-13-11-14(19-8-18-11)21-15(20-13)16-5-6-22/h2-4,8,22-23H,5-7H2,1H3,(H3,16,17,18,19,20,21). The highest BCUT2D eigenvalue weighted by Crippen LogP contribution is 2.30. The number of para-hydroxylation sites is 1. The van der Waals surface area contributed by atoms with E-state index in [0.29, 0.717) is 47.3 Å². The number of phenols is 1. The molecule has 5 N–H and O–H groups in total. The second kappa shape index (κ2) is 7.01. The fourth-order valence-electron chi connectivity index (χ4n) is 2.26. The van der Waals surface area contributed by atoms with Crippen LogP contribution in [0.1, 0.15) is 5.56 Å². The number of anilines is 2. The lowest BCUT2D eigenvalue weighted by atomic mass is 10.2. The number of aliphatic hydroxyl groups excluding tert-OH is 1. The Hall–Kier alpha value is -3.07. The molecule has 0 aliphatic heterocycles. The lowest BCUT2D eigenvalue weighted by molar-refractivity contribution is 0.311. The topological polar surface area (TPSA) is 128 Å². The number of fused-ring (bicyclic) bond motifs is 1. The lowest BCUT2D eigenvalue weighted by Gasteiger charge is -2.11. The molecule has 3 rings (SSSR count). The van der Waals surface area contributed by atoms with Gasteiger partial charge in [-0.3, -0.25) is 0 Å². The van der Waals surface area contributed by atoms with Crippen LogP contribution in [0.15, 0.2) is 24.5 Å². The van der Waals surface area contributed by atoms with Crippen molar-refractivity contribution < 1.29 is 14.9 Å². The normalized spacial score (nSPS) is 10.8. The third kappa shape index (κ3) is 3.15. The van der Waals surface area contributed by atoms with Gasteiger partial charge in [0.2, 0.25) is 5.95 Å². The maximum Gasteiger partial charge on any atom is 0.226 e. The van der Waals surface area contributed by atoms with Gasteiger partial charge >= 0.3 is 0 Å². The highest BCUT2D eigenvalue weighted by molar-refractivity contribution is 5.83. The Morgan fingerprint density at radius 3 is 2.92 bits per heavy atom. The molecule has 9 nitrogen and oxygen atoms in total. The van der Waals surface area contributed by atoms with Crippen LogP contribution in [0, 0.1) is 0 Å². The summed E-state index contributed by atoms with van der Waals surface area (Å²) >= 11 is 0. The number of phenolic OH excluding ortho intramolecular Hbond substituents is 1. The minimum atomic E-state index is -0.0254. The molecule has 24 heavy (non-hydrogen) atoms. The number of aliphatic hydroxyl groups is 1. The second-order valence-corrected chi connectivity index (χ2v) is 4.97. The molecule has 9 heteroatoms. The maximum absolute atomic E-state index is 10.2. The van der Waals surface area contributed by atoms with Crippen molar-refractivity contribution in [1.29, 1.82) is 0 Å². The minimum absolute atomic E-state index is 0.0254. The number of hydrogen-bond donors (Lipinski definition) is 5. The quantitative estimate of drug-likeness (QED) is 0.435. The molecule has 0 aliphatic rings. The third-order valence-corrected chi connectivity index (χ3v) is 3.43. The molecule has 0 bridgehead atoms. The lowest BCUT2D eigenvalue weighted by Crippen LogP contribution is -2.11. The first-order valence-corrected chi connectivity index (χ1v) is 7.37. The summed E-state index contributed by atoms with van der Waals surface area (Å²) in [5, 5.41) is 25.1. The Balaban J connectivity index is 1.85. The number of hydrogen-bond acceptors (Lipinski definition) is 8. The van der Waals surface area contributed by atoms with Gasteiger partial charge < -0.3 is 30.6 Å². The molecule has 0 spiro atoms. The van der Waals surface area contributed by atoms with Crippen molar-refractivity contribution >= 4 is 22.9 Å². The fraction of sp³-hybridized carbons (Fsp3) is 0.267. The summed E-state index contributed by atoms with van der Waals surface area (Å²) in [6.07, 6.45) is 1.53. The molecule has 0 saturated carbocycles. The van der Waals surface area contributed by atoms with Crippen LogP contribution in [-0.4, -0.2) is 50.4 Å². The molecule has 2 aromatic heterocycles. The van der Waals surface area contributed by atoms with Gasteiger partial charge in [-0.05, 0) is 6.07 Å².